The molecule has 1 aromatic rings. The van der Waals surface area contributed by atoms with Crippen LogP contribution in [0.1, 0.15) is 31.6 Å². The van der Waals surface area contributed by atoms with Gasteiger partial charge in [-0.05, 0) is 26.7 Å². The molecule has 1 fully saturated rings. The van der Waals surface area contributed by atoms with E-state index in [0.717, 1.165) is 0 Å². The van der Waals surface area contributed by atoms with Gasteiger partial charge in [-0.15, -0.1) is 0 Å². The Balaban J connectivity index is 2.34. The van der Waals surface area contributed by atoms with Crippen molar-refractivity contribution >= 4 is 0 Å². The fraction of sp³-hybridized carbons (Fsp3) is 0.636. The summed E-state index contributed by atoms with van der Waals surface area (Å²) in [7, 11) is 0. The minimum atomic E-state index is -0.603. The second-order valence-corrected chi connectivity index (χ2v) is 4.70. The third-order valence-electron chi connectivity index (χ3n) is 3.13. The molecule has 2 heterocycles. The van der Waals surface area contributed by atoms with Crippen molar-refractivity contribution in [3.05, 3.63) is 32.6 Å². The molecular weight excluding hydrogens is 224 g/mol. The van der Waals surface area contributed by atoms with Crippen LogP contribution in [0.15, 0.2) is 15.8 Å². The maximum absolute atomic E-state index is 11.6. The highest BCUT2D eigenvalue weighted by atomic mass is 16.5. The predicted molar refractivity (Wildman–Crippen MR) is 60.9 cm³/mol. The molecule has 2 N–H and O–H groups in total. The normalized spacial score (nSPS) is 28.5. The molecule has 6 nitrogen and oxygen atoms in total. The van der Waals surface area contributed by atoms with Crippen molar-refractivity contribution in [3.63, 3.8) is 0 Å². The van der Waals surface area contributed by atoms with Gasteiger partial charge >= 0.3 is 5.69 Å². The van der Waals surface area contributed by atoms with Crippen LogP contribution < -0.4 is 11.2 Å². The van der Waals surface area contributed by atoms with Crippen LogP contribution in [0, 0.1) is 6.92 Å². The minimum Gasteiger partial charge on any atom is -0.393 e. The van der Waals surface area contributed by atoms with E-state index in [2.05, 4.69) is 4.98 Å². The zero-order valence-electron chi connectivity index (χ0n) is 9.90. The first-order valence-corrected chi connectivity index (χ1v) is 5.56. The van der Waals surface area contributed by atoms with Crippen LogP contribution in [-0.2, 0) is 4.74 Å². The van der Waals surface area contributed by atoms with E-state index in [9.17, 15) is 14.7 Å². The minimum absolute atomic E-state index is 0.0828. The van der Waals surface area contributed by atoms with E-state index in [0.29, 0.717) is 18.4 Å². The number of H-pyrrole nitrogens is 1. The molecule has 17 heavy (non-hydrogen) atoms. The smallest absolute Gasteiger partial charge is 0.330 e. The second kappa shape index (κ2) is 4.12. The number of hydrogen-bond acceptors (Lipinski definition) is 4. The fourth-order valence-corrected chi connectivity index (χ4v) is 1.99. The average molecular weight is 240 g/mol. The molecule has 1 aromatic heterocycles. The predicted octanol–water partition coefficient (Wildman–Crippen LogP) is -0.0950. The summed E-state index contributed by atoms with van der Waals surface area (Å²) in [6.07, 6.45) is 2.39. The second-order valence-electron chi connectivity index (χ2n) is 4.70. The number of aromatic amines is 1. The van der Waals surface area contributed by atoms with Crippen molar-refractivity contribution in [3.8, 4) is 0 Å². The number of nitrogens with zero attached hydrogens (tertiary/aromatic N) is 1. The molecule has 0 aromatic carbocycles. The van der Waals surface area contributed by atoms with Gasteiger partial charge in [0.25, 0.3) is 5.56 Å². The molecule has 2 atom stereocenters. The zero-order valence-corrected chi connectivity index (χ0v) is 9.90. The molecule has 1 aliphatic heterocycles. The summed E-state index contributed by atoms with van der Waals surface area (Å²) < 4.78 is 7.02. The van der Waals surface area contributed by atoms with E-state index < -0.39 is 17.5 Å². The summed E-state index contributed by atoms with van der Waals surface area (Å²) in [5, 5.41) is 9.19. The van der Waals surface area contributed by atoms with Gasteiger partial charge < -0.3 is 9.84 Å². The number of aryl methyl sites for hydroxylation is 1. The molecule has 0 radical (unpaired) electrons. The van der Waals surface area contributed by atoms with Crippen LogP contribution in [0.4, 0.5) is 0 Å². The highest BCUT2D eigenvalue weighted by Gasteiger charge is 2.36. The lowest BCUT2D eigenvalue weighted by Crippen LogP contribution is -2.35. The van der Waals surface area contributed by atoms with E-state index in [1.807, 2.05) is 0 Å². The number of aliphatic hydroxyl groups excluding tert-OH is 1. The molecule has 0 aliphatic carbocycles. The van der Waals surface area contributed by atoms with Gasteiger partial charge in [0.2, 0.25) is 0 Å². The molecule has 6 heteroatoms. The molecule has 94 valence electrons. The summed E-state index contributed by atoms with van der Waals surface area (Å²) in [6.45, 7) is 3.35. The maximum Gasteiger partial charge on any atom is 0.330 e. The Kier molecular flexibility index (Phi) is 2.92. The fourth-order valence-electron chi connectivity index (χ4n) is 1.99. The monoisotopic (exact) mass is 240 g/mol. The Morgan fingerprint density at radius 2 is 2.35 bits per heavy atom. The summed E-state index contributed by atoms with van der Waals surface area (Å²) in [5.74, 6) is 0. The van der Waals surface area contributed by atoms with Crippen molar-refractivity contribution < 1.29 is 9.84 Å². The van der Waals surface area contributed by atoms with E-state index in [4.69, 9.17) is 4.74 Å². The average Bonchev–Trinajstić information content (AvgIpc) is 2.67. The first-order chi connectivity index (χ1) is 7.95. The maximum atomic E-state index is 11.6. The standard InChI is InChI=1S/C11H16N2O4/c1-7-5-13(10(16)12-9(7)15)8-3-4-11(2,6-14)17-8/h5,8,14H,3-4,6H2,1-2H3,(H,12,15,16)/t8-,11-/m0/s1. The number of rotatable bonds is 2. The van der Waals surface area contributed by atoms with E-state index >= 15 is 0 Å². The largest absolute Gasteiger partial charge is 0.393 e. The van der Waals surface area contributed by atoms with Gasteiger partial charge in [0, 0.05) is 11.8 Å². The van der Waals surface area contributed by atoms with Crippen molar-refractivity contribution in [2.24, 2.45) is 0 Å². The molecule has 1 saturated heterocycles. The molecule has 2 rings (SSSR count). The van der Waals surface area contributed by atoms with Crippen LogP contribution in [0.5, 0.6) is 0 Å². The molecule has 0 bridgehead atoms. The summed E-state index contributed by atoms with van der Waals surface area (Å²) in [6, 6.07) is 0. The summed E-state index contributed by atoms with van der Waals surface area (Å²) in [4.78, 5) is 25.1. The topological polar surface area (TPSA) is 84.3 Å². The Labute approximate surface area is 97.9 Å². The van der Waals surface area contributed by atoms with E-state index in [1.54, 1.807) is 13.8 Å². The number of ether oxygens (including phenoxy) is 1. The van der Waals surface area contributed by atoms with Crippen LogP contribution >= 0.6 is 0 Å². The Morgan fingerprint density at radius 1 is 1.65 bits per heavy atom. The highest BCUT2D eigenvalue weighted by Crippen LogP contribution is 2.34. The van der Waals surface area contributed by atoms with Gasteiger partial charge in [-0.25, -0.2) is 4.79 Å². The van der Waals surface area contributed by atoms with Gasteiger partial charge in [-0.3, -0.25) is 14.3 Å². The number of aromatic nitrogens is 2. The Morgan fingerprint density at radius 3 is 2.94 bits per heavy atom. The van der Waals surface area contributed by atoms with Crippen LogP contribution in [0.25, 0.3) is 0 Å². The van der Waals surface area contributed by atoms with Crippen molar-refractivity contribution in [1.82, 2.24) is 9.55 Å². The van der Waals surface area contributed by atoms with Crippen molar-refractivity contribution in [2.45, 2.75) is 38.5 Å². The van der Waals surface area contributed by atoms with Crippen molar-refractivity contribution in [1.29, 1.82) is 0 Å². The number of nitrogens with one attached hydrogen (secondary N) is 1. The van der Waals surface area contributed by atoms with Gasteiger partial charge in [0.1, 0.15) is 6.23 Å². The third-order valence-corrected chi connectivity index (χ3v) is 3.13. The van der Waals surface area contributed by atoms with Crippen LogP contribution in [-0.4, -0.2) is 26.9 Å². The SMILES string of the molecule is Cc1cn([C@@H]2CC[C@@](C)(CO)O2)c(=O)[nH]c1=O. The lowest BCUT2D eigenvalue weighted by molar-refractivity contribution is -0.0882. The molecule has 0 saturated carbocycles. The first kappa shape index (κ1) is 12.1. The summed E-state index contributed by atoms with van der Waals surface area (Å²) >= 11 is 0. The van der Waals surface area contributed by atoms with Gasteiger partial charge in [-0.2, -0.15) is 0 Å². The molecule has 1 aliphatic rings. The molecule has 0 unspecified atom stereocenters. The third kappa shape index (κ3) is 2.18. The van der Waals surface area contributed by atoms with Crippen LogP contribution in [0.2, 0.25) is 0 Å². The van der Waals surface area contributed by atoms with E-state index in [1.165, 1.54) is 10.8 Å². The number of aliphatic hydroxyl groups is 1. The molecule has 0 spiro atoms. The zero-order chi connectivity index (χ0) is 12.6. The molecule has 0 amide bonds. The van der Waals surface area contributed by atoms with Gasteiger partial charge in [-0.1, -0.05) is 0 Å². The lowest BCUT2D eigenvalue weighted by Gasteiger charge is -2.22. The quantitative estimate of drug-likeness (QED) is 0.756. The van der Waals surface area contributed by atoms with Crippen molar-refractivity contribution in [2.75, 3.05) is 6.61 Å². The van der Waals surface area contributed by atoms with Gasteiger partial charge in [0.15, 0.2) is 0 Å². The Bertz CT molecular complexity index is 533. The first-order valence-electron chi connectivity index (χ1n) is 5.56. The van der Waals surface area contributed by atoms with Crippen LogP contribution in [0.3, 0.4) is 0 Å². The lowest BCUT2D eigenvalue weighted by atomic mass is 10.0. The number of hydrogen-bond donors (Lipinski definition) is 2. The van der Waals surface area contributed by atoms with Gasteiger partial charge in [0.05, 0.1) is 12.2 Å². The summed E-state index contributed by atoms with van der Waals surface area (Å²) in [5.41, 5.74) is -0.999. The van der Waals surface area contributed by atoms with E-state index in [-0.39, 0.29) is 12.2 Å². The molecular formula is C11H16N2O4. The highest BCUT2D eigenvalue weighted by molar-refractivity contribution is 5.02. The Hall–Kier alpha value is -1.40.